The third-order valence-electron chi connectivity index (χ3n) is 3.88. The van der Waals surface area contributed by atoms with E-state index < -0.39 is 35.4 Å². The molecular formula is C21H33F5GeO7Si. The van der Waals surface area contributed by atoms with Gasteiger partial charge in [-0.15, -0.1) is 0 Å². The van der Waals surface area contributed by atoms with Gasteiger partial charge in [-0.1, -0.05) is 6.58 Å². The Morgan fingerprint density at radius 2 is 1.29 bits per heavy atom. The molecule has 0 aliphatic heterocycles. The van der Waals surface area contributed by atoms with E-state index in [-0.39, 0.29) is 23.0 Å². The Bertz CT molecular complexity index is 730. The minimum atomic E-state index is -5.84. The van der Waals surface area contributed by atoms with Crippen molar-refractivity contribution in [3.8, 4) is 0 Å². The second-order valence-corrected chi connectivity index (χ2v) is 14.0. The summed E-state index contributed by atoms with van der Waals surface area (Å²) in [7, 11) is -3.16. The van der Waals surface area contributed by atoms with Gasteiger partial charge in [0.2, 0.25) is 5.41 Å². The summed E-state index contributed by atoms with van der Waals surface area (Å²) < 4.78 is 94.3. The number of hydrogen-bond donors (Lipinski definition) is 0. The fourth-order valence-electron chi connectivity index (χ4n) is 2.61. The Morgan fingerprint density at radius 1 is 0.857 bits per heavy atom. The van der Waals surface area contributed by atoms with Gasteiger partial charge in [-0.05, 0) is 26.8 Å². The molecule has 0 unspecified atom stereocenters. The molecule has 0 aromatic heterocycles. The van der Waals surface area contributed by atoms with Crippen LogP contribution >= 0.6 is 0 Å². The summed E-state index contributed by atoms with van der Waals surface area (Å²) in [6.07, 6.45) is -9.98. The zero-order valence-electron chi connectivity index (χ0n) is 20.5. The van der Waals surface area contributed by atoms with Crippen molar-refractivity contribution in [3.05, 3.63) is 43.0 Å². The van der Waals surface area contributed by atoms with Gasteiger partial charge in [0.25, 0.3) is 0 Å². The quantitative estimate of drug-likeness (QED) is 0.170. The standard InChI is InChI=1S/C12H15F5GeO3.C9H18O4Si/c1-3-19-18(20-4-2,10-8-6-5-7-9-10)21-12(16,17)11(13,14)15;1-5-9(10)14(11-6-2,12-7-3)13-8-4/h5-9H,3-4H2,1-2H3;5H,1,6-8H2,2-4H3. The van der Waals surface area contributed by atoms with Gasteiger partial charge in [0.05, 0.1) is 0 Å². The van der Waals surface area contributed by atoms with Gasteiger partial charge in [-0.2, -0.15) is 0 Å². The first kappa shape index (κ1) is 33.8. The number of rotatable bonds is 15. The Kier molecular flexibility index (Phi) is 15.3. The van der Waals surface area contributed by atoms with Crippen LogP contribution < -0.4 is 4.40 Å². The van der Waals surface area contributed by atoms with Crippen molar-refractivity contribution in [2.75, 3.05) is 33.0 Å². The van der Waals surface area contributed by atoms with Crippen LogP contribution in [0.15, 0.2) is 43.0 Å². The van der Waals surface area contributed by atoms with E-state index in [1.807, 2.05) is 0 Å². The summed E-state index contributed by atoms with van der Waals surface area (Å²) in [4.78, 5) is 11.6. The van der Waals surface area contributed by atoms with Crippen LogP contribution in [0.3, 0.4) is 0 Å². The third-order valence-corrected chi connectivity index (χ3v) is 12.8. The zero-order valence-corrected chi connectivity index (χ0v) is 23.6. The average Bonchev–Trinajstić information content (AvgIpc) is 2.79. The van der Waals surface area contributed by atoms with Gasteiger partial charge in [0, 0.05) is 19.8 Å². The Labute approximate surface area is 207 Å². The van der Waals surface area contributed by atoms with Crippen molar-refractivity contribution in [1.82, 2.24) is 0 Å². The molecule has 0 amide bonds. The molecule has 0 N–H and O–H groups in total. The Balaban J connectivity index is 0.000000720. The molecule has 1 rings (SSSR count). The van der Waals surface area contributed by atoms with E-state index in [4.69, 9.17) is 20.8 Å². The molecule has 0 spiro atoms. The summed E-state index contributed by atoms with van der Waals surface area (Å²) in [5, 5.41) is -0.275. The predicted octanol–water partition coefficient (Wildman–Crippen LogP) is 4.41. The van der Waals surface area contributed by atoms with Gasteiger partial charge in [0.1, 0.15) is 0 Å². The fraction of sp³-hybridized carbons (Fsp3) is 0.571. The first-order valence-electron chi connectivity index (χ1n) is 10.9. The number of hydrogen-bond acceptors (Lipinski definition) is 7. The van der Waals surface area contributed by atoms with E-state index in [9.17, 15) is 26.7 Å². The molecule has 0 saturated heterocycles. The Morgan fingerprint density at radius 3 is 1.60 bits per heavy atom. The van der Waals surface area contributed by atoms with E-state index in [0.29, 0.717) is 19.8 Å². The van der Waals surface area contributed by atoms with Crippen LogP contribution in [-0.4, -0.2) is 73.8 Å². The predicted molar refractivity (Wildman–Crippen MR) is 123 cm³/mol. The molecule has 1 aromatic carbocycles. The number of halogens is 5. The monoisotopic (exact) mass is 594 g/mol. The van der Waals surface area contributed by atoms with Crippen molar-refractivity contribution in [2.45, 2.75) is 46.9 Å². The first-order chi connectivity index (χ1) is 16.3. The summed E-state index contributed by atoms with van der Waals surface area (Å²) >= 11 is -5.00. The van der Waals surface area contributed by atoms with Crippen LogP contribution in [-0.2, 0) is 29.4 Å². The van der Waals surface area contributed by atoms with E-state index in [1.54, 1.807) is 26.8 Å². The normalized spacial score (nSPS) is 12.6. The molecule has 7 nitrogen and oxygen atoms in total. The molecule has 0 radical (unpaired) electrons. The first-order valence-corrected chi connectivity index (χ1v) is 16.3. The van der Waals surface area contributed by atoms with Crippen molar-refractivity contribution < 1.29 is 51.3 Å². The summed E-state index contributed by atoms with van der Waals surface area (Å²) in [6.45, 7) is 12.7. The summed E-state index contributed by atoms with van der Waals surface area (Å²) in [5.74, 6) is 0. The summed E-state index contributed by atoms with van der Waals surface area (Å²) in [5.41, 5.74) is 0. The van der Waals surface area contributed by atoms with Crippen molar-refractivity contribution in [2.24, 2.45) is 0 Å². The van der Waals surface area contributed by atoms with Crippen LogP contribution in [0.4, 0.5) is 22.0 Å². The maximum atomic E-state index is 13.3. The molecule has 0 aliphatic rings. The molecule has 0 fully saturated rings. The van der Waals surface area contributed by atoms with Gasteiger partial charge < -0.3 is 13.3 Å². The number of carbonyl (C=O) groups excluding carboxylic acids is 1. The molecule has 0 heterocycles. The van der Waals surface area contributed by atoms with E-state index >= 15 is 0 Å². The van der Waals surface area contributed by atoms with E-state index in [0.717, 1.165) is 0 Å². The second-order valence-electron chi connectivity index (χ2n) is 6.33. The molecule has 0 aliphatic carbocycles. The van der Waals surface area contributed by atoms with E-state index in [1.165, 1.54) is 44.2 Å². The molecule has 0 saturated carbocycles. The molecule has 1 aromatic rings. The number of allylic oxidation sites excluding steroid dienone is 1. The molecule has 35 heavy (non-hydrogen) atoms. The fourth-order valence-corrected chi connectivity index (χ4v) is 9.85. The number of alkyl halides is 5. The molecule has 0 atom stereocenters. The van der Waals surface area contributed by atoms with E-state index in [2.05, 4.69) is 10.3 Å². The van der Waals surface area contributed by atoms with Gasteiger partial charge in [-0.25, -0.2) is 0 Å². The van der Waals surface area contributed by atoms with Crippen LogP contribution in [0.25, 0.3) is 0 Å². The SMILES string of the molecule is C=CC(=O)[Si](OCC)(OCC)OCC.CC[O][Ge]([O]CC)([O]C(F)(F)C(F)(F)F)[c]1ccccc1. The van der Waals surface area contributed by atoms with Crippen LogP contribution in [0.5, 0.6) is 0 Å². The van der Waals surface area contributed by atoms with Crippen molar-refractivity contribution in [1.29, 1.82) is 0 Å². The number of benzene rings is 1. The molecule has 202 valence electrons. The molecule has 0 bridgehead atoms. The maximum absolute atomic E-state index is 13.3. The van der Waals surface area contributed by atoms with Crippen LogP contribution in [0, 0.1) is 0 Å². The van der Waals surface area contributed by atoms with Crippen molar-refractivity contribution >= 4 is 32.9 Å². The van der Waals surface area contributed by atoms with Gasteiger partial charge in [-0.3, -0.25) is 4.79 Å². The van der Waals surface area contributed by atoms with Gasteiger partial charge in [0.15, 0.2) is 0 Å². The van der Waals surface area contributed by atoms with Crippen LogP contribution in [0.2, 0.25) is 0 Å². The summed E-state index contributed by atoms with van der Waals surface area (Å²) in [6, 6.07) is 7.29. The molecule has 14 heteroatoms. The van der Waals surface area contributed by atoms with Crippen molar-refractivity contribution in [3.63, 3.8) is 0 Å². The topological polar surface area (TPSA) is 72.5 Å². The zero-order chi connectivity index (χ0) is 27.2. The minimum absolute atomic E-state index is 0.0881. The van der Waals surface area contributed by atoms with Gasteiger partial charge >= 0.3 is 130 Å². The number of carbonyl (C=O) groups is 1. The average molecular weight is 593 g/mol. The Hall–Kier alpha value is -1.20. The third kappa shape index (κ3) is 9.99. The second kappa shape index (κ2) is 15.8. The van der Waals surface area contributed by atoms with Crippen LogP contribution in [0.1, 0.15) is 34.6 Å². The molecular weight excluding hydrogens is 560 g/mol.